The molecule has 20 heavy (non-hydrogen) atoms. The van der Waals surface area contributed by atoms with Gasteiger partial charge >= 0.3 is 0 Å². The van der Waals surface area contributed by atoms with Gasteiger partial charge in [0.25, 0.3) is 0 Å². The van der Waals surface area contributed by atoms with Crippen molar-refractivity contribution in [1.29, 1.82) is 0 Å². The highest BCUT2D eigenvalue weighted by atomic mass is 16.5. The lowest BCUT2D eigenvalue weighted by molar-refractivity contribution is -0.0480. The van der Waals surface area contributed by atoms with E-state index in [-0.39, 0.29) is 11.5 Å². The van der Waals surface area contributed by atoms with Crippen LogP contribution in [0.4, 0.5) is 0 Å². The van der Waals surface area contributed by atoms with Crippen molar-refractivity contribution in [3.05, 3.63) is 30.3 Å². The molecule has 1 saturated carbocycles. The minimum Gasteiger partial charge on any atom is -0.490 e. The van der Waals surface area contributed by atoms with Gasteiger partial charge < -0.3 is 15.4 Å². The molecule has 0 saturated heterocycles. The molecule has 108 valence electrons. The summed E-state index contributed by atoms with van der Waals surface area (Å²) in [5.41, 5.74) is 0.103. The fourth-order valence-electron chi connectivity index (χ4n) is 2.80. The Morgan fingerprint density at radius 1 is 1.30 bits per heavy atom. The van der Waals surface area contributed by atoms with E-state index in [0.29, 0.717) is 12.1 Å². The van der Waals surface area contributed by atoms with Crippen LogP contribution in [0.3, 0.4) is 0 Å². The quantitative estimate of drug-likeness (QED) is 0.887. The van der Waals surface area contributed by atoms with E-state index >= 15 is 0 Å². The molecule has 0 radical (unpaired) electrons. The third-order valence-electron chi connectivity index (χ3n) is 4.42. The zero-order valence-corrected chi connectivity index (χ0v) is 12.4. The van der Waals surface area contributed by atoms with Gasteiger partial charge in [0.2, 0.25) is 0 Å². The first-order chi connectivity index (χ1) is 9.55. The number of benzene rings is 1. The third kappa shape index (κ3) is 2.47. The first-order valence-corrected chi connectivity index (χ1v) is 7.35. The fraction of sp³-hybridized carbons (Fsp3) is 0.562. The van der Waals surface area contributed by atoms with Gasteiger partial charge in [0, 0.05) is 23.9 Å². The number of aliphatic imine (C=N–C) groups is 1. The maximum absolute atomic E-state index is 6.08. The first-order valence-electron chi connectivity index (χ1n) is 7.35. The molecular formula is C16H23N3O. The molecule has 1 aromatic carbocycles. The smallest absolute Gasteiger partial charge is 0.191 e. The van der Waals surface area contributed by atoms with Crippen LogP contribution in [-0.2, 0) is 0 Å². The van der Waals surface area contributed by atoms with Crippen molar-refractivity contribution in [1.82, 2.24) is 10.6 Å². The standard InChI is InChI=1S/C16H23N3O/c1-11-10-17-15(18-11)19-13-9-14(16(13,2)3)20-12-7-5-4-6-8-12/h4-8,11,13-14H,9-10H2,1-3H3,(H2,17,18,19)/t11?,13-,14+/m0/s1. The van der Waals surface area contributed by atoms with Crippen LogP contribution in [0.15, 0.2) is 35.3 Å². The van der Waals surface area contributed by atoms with Crippen molar-refractivity contribution in [2.24, 2.45) is 10.4 Å². The number of nitrogens with zero attached hydrogens (tertiary/aromatic N) is 1. The summed E-state index contributed by atoms with van der Waals surface area (Å²) < 4.78 is 6.08. The average molecular weight is 273 g/mol. The third-order valence-corrected chi connectivity index (χ3v) is 4.42. The lowest BCUT2D eigenvalue weighted by Crippen LogP contribution is -2.64. The Morgan fingerprint density at radius 2 is 2.05 bits per heavy atom. The Kier molecular flexibility index (Phi) is 3.32. The maximum Gasteiger partial charge on any atom is 0.191 e. The molecule has 0 spiro atoms. The van der Waals surface area contributed by atoms with Crippen LogP contribution in [0.25, 0.3) is 0 Å². The average Bonchev–Trinajstić information content (AvgIpc) is 2.84. The number of rotatable bonds is 3. The molecule has 2 N–H and O–H groups in total. The molecular weight excluding hydrogens is 250 g/mol. The van der Waals surface area contributed by atoms with Gasteiger partial charge in [0.1, 0.15) is 11.9 Å². The topological polar surface area (TPSA) is 45.7 Å². The zero-order valence-electron chi connectivity index (χ0n) is 12.4. The molecule has 1 aliphatic carbocycles. The number of nitrogens with one attached hydrogen (secondary N) is 2. The van der Waals surface area contributed by atoms with E-state index in [4.69, 9.17) is 4.74 Å². The molecule has 1 aromatic rings. The molecule has 1 unspecified atom stereocenters. The first kappa shape index (κ1) is 13.3. The molecule has 1 aliphatic heterocycles. The molecule has 0 amide bonds. The lowest BCUT2D eigenvalue weighted by atomic mass is 9.64. The monoisotopic (exact) mass is 273 g/mol. The molecule has 1 heterocycles. The normalized spacial score (nSPS) is 30.9. The van der Waals surface area contributed by atoms with E-state index in [1.54, 1.807) is 0 Å². The Morgan fingerprint density at radius 3 is 2.65 bits per heavy atom. The van der Waals surface area contributed by atoms with Gasteiger partial charge in [-0.15, -0.1) is 0 Å². The van der Waals surface area contributed by atoms with Crippen LogP contribution in [0.1, 0.15) is 27.2 Å². The summed E-state index contributed by atoms with van der Waals surface area (Å²) in [6, 6.07) is 10.9. The van der Waals surface area contributed by atoms with E-state index in [9.17, 15) is 0 Å². The van der Waals surface area contributed by atoms with Gasteiger partial charge in [-0.05, 0) is 19.1 Å². The predicted molar refractivity (Wildman–Crippen MR) is 81.1 cm³/mol. The molecule has 0 bridgehead atoms. The molecule has 3 rings (SSSR count). The number of para-hydroxylation sites is 1. The van der Waals surface area contributed by atoms with Gasteiger partial charge in [-0.2, -0.15) is 0 Å². The molecule has 4 heteroatoms. The molecule has 1 fully saturated rings. The molecule has 3 atom stereocenters. The minimum atomic E-state index is 0.103. The van der Waals surface area contributed by atoms with Crippen LogP contribution in [0.2, 0.25) is 0 Å². The lowest BCUT2D eigenvalue weighted by Gasteiger charge is -2.51. The fourth-order valence-corrected chi connectivity index (χ4v) is 2.80. The van der Waals surface area contributed by atoms with Crippen molar-refractivity contribution in [3.63, 3.8) is 0 Å². The van der Waals surface area contributed by atoms with Crippen molar-refractivity contribution in [3.8, 4) is 5.75 Å². The molecule has 4 nitrogen and oxygen atoms in total. The summed E-state index contributed by atoms with van der Waals surface area (Å²) in [6.45, 7) is 7.51. The number of hydrogen-bond acceptors (Lipinski definition) is 4. The maximum atomic E-state index is 6.08. The summed E-state index contributed by atoms with van der Waals surface area (Å²) >= 11 is 0. The van der Waals surface area contributed by atoms with Gasteiger partial charge in [-0.1, -0.05) is 32.0 Å². The second kappa shape index (κ2) is 5.00. The van der Waals surface area contributed by atoms with Crippen molar-refractivity contribution in [2.45, 2.75) is 45.4 Å². The Balaban J connectivity index is 1.57. The Bertz CT molecular complexity index is 498. The van der Waals surface area contributed by atoms with E-state index < -0.39 is 0 Å². The number of guanidine groups is 1. The highest BCUT2D eigenvalue weighted by molar-refractivity contribution is 5.82. The van der Waals surface area contributed by atoms with Crippen molar-refractivity contribution < 1.29 is 4.74 Å². The zero-order chi connectivity index (χ0) is 14.2. The second-order valence-electron chi connectivity index (χ2n) is 6.41. The van der Waals surface area contributed by atoms with Gasteiger partial charge in [0.15, 0.2) is 5.96 Å². The molecule has 2 aliphatic rings. The van der Waals surface area contributed by atoms with Crippen LogP contribution < -0.4 is 15.4 Å². The van der Waals surface area contributed by atoms with Gasteiger partial charge in [-0.3, -0.25) is 4.99 Å². The SMILES string of the molecule is CC1CN=C(N[C@H]2C[C@@H](Oc3ccccc3)C2(C)C)N1. The summed E-state index contributed by atoms with van der Waals surface area (Å²) in [4.78, 5) is 4.47. The van der Waals surface area contributed by atoms with Crippen LogP contribution in [0, 0.1) is 5.41 Å². The van der Waals surface area contributed by atoms with Gasteiger partial charge in [-0.25, -0.2) is 0 Å². The summed E-state index contributed by atoms with van der Waals surface area (Å²) in [5.74, 6) is 1.89. The largest absolute Gasteiger partial charge is 0.490 e. The highest BCUT2D eigenvalue weighted by Crippen LogP contribution is 2.43. The van der Waals surface area contributed by atoms with E-state index in [0.717, 1.165) is 24.7 Å². The highest BCUT2D eigenvalue weighted by Gasteiger charge is 2.50. The van der Waals surface area contributed by atoms with E-state index in [2.05, 4.69) is 36.4 Å². The van der Waals surface area contributed by atoms with Crippen molar-refractivity contribution in [2.75, 3.05) is 6.54 Å². The Labute approximate surface area is 120 Å². The number of hydrogen-bond donors (Lipinski definition) is 2. The van der Waals surface area contributed by atoms with E-state index in [1.807, 2.05) is 30.3 Å². The van der Waals surface area contributed by atoms with Crippen molar-refractivity contribution >= 4 is 5.96 Å². The van der Waals surface area contributed by atoms with E-state index in [1.165, 1.54) is 0 Å². The summed E-state index contributed by atoms with van der Waals surface area (Å²) in [5, 5.41) is 6.86. The van der Waals surface area contributed by atoms with Crippen LogP contribution >= 0.6 is 0 Å². The second-order valence-corrected chi connectivity index (χ2v) is 6.41. The van der Waals surface area contributed by atoms with Gasteiger partial charge in [0.05, 0.1) is 6.54 Å². The predicted octanol–water partition coefficient (Wildman–Crippen LogP) is 2.17. The Hall–Kier alpha value is -1.71. The molecule has 0 aromatic heterocycles. The van der Waals surface area contributed by atoms with Crippen LogP contribution in [0.5, 0.6) is 5.75 Å². The summed E-state index contributed by atoms with van der Waals surface area (Å²) in [6.07, 6.45) is 1.26. The van der Waals surface area contributed by atoms with Crippen LogP contribution in [-0.4, -0.2) is 30.7 Å². The minimum absolute atomic E-state index is 0.103. The number of ether oxygens (including phenoxy) is 1. The summed E-state index contributed by atoms with van der Waals surface area (Å²) in [7, 11) is 0.